The first-order valence-corrected chi connectivity index (χ1v) is 10.1. The van der Waals surface area contributed by atoms with Crippen LogP contribution in [0, 0.1) is 0 Å². The van der Waals surface area contributed by atoms with E-state index in [4.69, 9.17) is 17.0 Å². The maximum Gasteiger partial charge on any atom is 0.171 e. The third-order valence-electron chi connectivity index (χ3n) is 3.99. The second-order valence-corrected chi connectivity index (χ2v) is 7.38. The van der Waals surface area contributed by atoms with E-state index in [9.17, 15) is 0 Å². The van der Waals surface area contributed by atoms with E-state index in [0.29, 0.717) is 11.7 Å². The molecule has 0 atom stereocenters. The molecular formula is C22H22N2OS2. The normalized spacial score (nSPS) is 10.3. The lowest BCUT2D eigenvalue weighted by Crippen LogP contribution is -2.28. The largest absolute Gasteiger partial charge is 0.496 e. The van der Waals surface area contributed by atoms with E-state index in [0.717, 1.165) is 22.8 Å². The highest BCUT2D eigenvalue weighted by Crippen LogP contribution is 2.23. The molecule has 0 heterocycles. The number of thioether (sulfide) groups is 1. The van der Waals surface area contributed by atoms with Crippen LogP contribution in [-0.2, 0) is 12.3 Å². The van der Waals surface area contributed by atoms with E-state index < -0.39 is 0 Å². The quantitative estimate of drug-likeness (QED) is 0.410. The van der Waals surface area contributed by atoms with E-state index in [1.54, 1.807) is 7.11 Å². The molecule has 0 aliphatic carbocycles. The molecule has 0 aromatic heterocycles. The van der Waals surface area contributed by atoms with Crippen molar-refractivity contribution in [1.29, 1.82) is 0 Å². The Hall–Kier alpha value is -2.50. The fourth-order valence-electron chi connectivity index (χ4n) is 2.57. The van der Waals surface area contributed by atoms with Gasteiger partial charge in [0, 0.05) is 28.4 Å². The lowest BCUT2D eigenvalue weighted by atomic mass is 10.2. The Morgan fingerprint density at radius 3 is 2.37 bits per heavy atom. The van der Waals surface area contributed by atoms with Crippen molar-refractivity contribution in [3.05, 3.63) is 90.0 Å². The molecular weight excluding hydrogens is 372 g/mol. The number of hydrogen-bond donors (Lipinski definition) is 2. The second kappa shape index (κ2) is 10.00. The zero-order valence-electron chi connectivity index (χ0n) is 15.1. The Morgan fingerprint density at radius 2 is 1.63 bits per heavy atom. The topological polar surface area (TPSA) is 33.3 Å². The van der Waals surface area contributed by atoms with E-state index in [1.165, 1.54) is 10.5 Å². The number of methoxy groups -OCH3 is 1. The molecule has 0 aliphatic heterocycles. The maximum atomic E-state index is 5.40. The van der Waals surface area contributed by atoms with Gasteiger partial charge in [0.2, 0.25) is 0 Å². The summed E-state index contributed by atoms with van der Waals surface area (Å²) in [7, 11) is 1.67. The van der Waals surface area contributed by atoms with Crippen LogP contribution < -0.4 is 15.4 Å². The lowest BCUT2D eigenvalue weighted by molar-refractivity contribution is 0.409. The number of benzene rings is 3. The van der Waals surface area contributed by atoms with Gasteiger partial charge in [-0.1, -0.05) is 48.5 Å². The zero-order valence-corrected chi connectivity index (χ0v) is 16.8. The van der Waals surface area contributed by atoms with Gasteiger partial charge in [0.15, 0.2) is 5.11 Å². The van der Waals surface area contributed by atoms with Crippen molar-refractivity contribution in [2.24, 2.45) is 0 Å². The molecule has 0 spiro atoms. The SMILES string of the molecule is COc1ccccc1CNC(=S)Nc1ccc(CSc2ccccc2)cc1. The average Bonchev–Trinajstić information content (AvgIpc) is 2.72. The Labute approximate surface area is 170 Å². The number of nitrogens with one attached hydrogen (secondary N) is 2. The third kappa shape index (κ3) is 6.01. The predicted molar refractivity (Wildman–Crippen MR) is 118 cm³/mol. The van der Waals surface area contributed by atoms with Gasteiger partial charge in [-0.3, -0.25) is 0 Å². The lowest BCUT2D eigenvalue weighted by Gasteiger charge is -2.13. The molecule has 0 bridgehead atoms. The summed E-state index contributed by atoms with van der Waals surface area (Å²) in [6.07, 6.45) is 0. The number of hydrogen-bond acceptors (Lipinski definition) is 3. The van der Waals surface area contributed by atoms with E-state index >= 15 is 0 Å². The molecule has 138 valence electrons. The van der Waals surface area contributed by atoms with E-state index in [1.807, 2.05) is 42.1 Å². The van der Waals surface area contributed by atoms with Crippen molar-refractivity contribution in [2.75, 3.05) is 12.4 Å². The number of ether oxygens (including phenoxy) is 1. The van der Waals surface area contributed by atoms with Gasteiger partial charge >= 0.3 is 0 Å². The molecule has 0 fully saturated rings. The molecule has 0 saturated heterocycles. The molecule has 0 unspecified atom stereocenters. The summed E-state index contributed by atoms with van der Waals surface area (Å²) < 4.78 is 5.36. The predicted octanol–water partition coefficient (Wildman–Crippen LogP) is 5.47. The molecule has 0 saturated carbocycles. The summed E-state index contributed by atoms with van der Waals surface area (Å²) in [5.74, 6) is 1.80. The van der Waals surface area contributed by atoms with Crippen LogP contribution in [0.25, 0.3) is 0 Å². The van der Waals surface area contributed by atoms with Crippen LogP contribution >= 0.6 is 24.0 Å². The smallest absolute Gasteiger partial charge is 0.171 e. The molecule has 27 heavy (non-hydrogen) atoms. The summed E-state index contributed by atoms with van der Waals surface area (Å²) in [4.78, 5) is 1.28. The molecule has 3 aromatic carbocycles. The Bertz CT molecular complexity index is 867. The van der Waals surface area contributed by atoms with Crippen LogP contribution in [0.5, 0.6) is 5.75 Å². The molecule has 3 nitrogen and oxygen atoms in total. The van der Waals surface area contributed by atoms with Crippen LogP contribution in [0.4, 0.5) is 5.69 Å². The van der Waals surface area contributed by atoms with Crippen molar-refractivity contribution in [1.82, 2.24) is 5.32 Å². The number of anilines is 1. The van der Waals surface area contributed by atoms with Gasteiger partial charge in [-0.25, -0.2) is 0 Å². The van der Waals surface area contributed by atoms with Gasteiger partial charge in [-0.2, -0.15) is 0 Å². The summed E-state index contributed by atoms with van der Waals surface area (Å²) in [6.45, 7) is 0.613. The molecule has 3 aromatic rings. The number of para-hydroxylation sites is 1. The molecule has 3 rings (SSSR count). The van der Waals surface area contributed by atoms with Gasteiger partial charge in [-0.15, -0.1) is 11.8 Å². The summed E-state index contributed by atoms with van der Waals surface area (Å²) in [5, 5.41) is 7.03. The average molecular weight is 395 g/mol. The highest BCUT2D eigenvalue weighted by molar-refractivity contribution is 7.98. The van der Waals surface area contributed by atoms with Crippen LogP contribution in [0.2, 0.25) is 0 Å². The van der Waals surface area contributed by atoms with Gasteiger partial charge in [0.1, 0.15) is 5.75 Å². The van der Waals surface area contributed by atoms with Crippen LogP contribution in [0.1, 0.15) is 11.1 Å². The minimum absolute atomic E-state index is 0.590. The van der Waals surface area contributed by atoms with Gasteiger partial charge < -0.3 is 15.4 Å². The first-order valence-electron chi connectivity index (χ1n) is 8.68. The minimum Gasteiger partial charge on any atom is -0.496 e. The Balaban J connectivity index is 1.48. The molecule has 2 N–H and O–H groups in total. The Morgan fingerprint density at radius 1 is 0.926 bits per heavy atom. The summed E-state index contributed by atoms with van der Waals surface area (Å²) in [5.41, 5.74) is 3.32. The standard InChI is InChI=1S/C22H22N2OS2/c1-25-21-10-6-5-7-18(21)15-23-22(26)24-19-13-11-17(12-14-19)16-27-20-8-3-2-4-9-20/h2-14H,15-16H2,1H3,(H2,23,24,26). The van der Waals surface area contributed by atoms with Crippen molar-refractivity contribution >= 4 is 34.8 Å². The molecule has 0 radical (unpaired) electrons. The number of thiocarbonyl (C=S) groups is 1. The van der Waals surface area contributed by atoms with Crippen molar-refractivity contribution in [2.45, 2.75) is 17.2 Å². The monoisotopic (exact) mass is 394 g/mol. The van der Waals surface area contributed by atoms with Crippen molar-refractivity contribution in [3.63, 3.8) is 0 Å². The summed E-state index contributed by atoms with van der Waals surface area (Å²) >= 11 is 7.23. The maximum absolute atomic E-state index is 5.40. The van der Waals surface area contributed by atoms with Crippen molar-refractivity contribution < 1.29 is 4.74 Å². The van der Waals surface area contributed by atoms with E-state index in [2.05, 4.69) is 59.2 Å². The fraction of sp³-hybridized carbons (Fsp3) is 0.136. The van der Waals surface area contributed by atoms with Gasteiger partial charge in [0.05, 0.1) is 7.11 Å². The van der Waals surface area contributed by atoms with Crippen LogP contribution in [-0.4, -0.2) is 12.2 Å². The number of rotatable bonds is 7. The van der Waals surface area contributed by atoms with Crippen LogP contribution in [0.15, 0.2) is 83.8 Å². The summed E-state index contributed by atoms with van der Waals surface area (Å²) in [6, 6.07) is 26.7. The first kappa shape index (κ1) is 19.3. The zero-order chi connectivity index (χ0) is 18.9. The Kier molecular flexibility index (Phi) is 7.13. The van der Waals surface area contributed by atoms with Crippen molar-refractivity contribution in [3.8, 4) is 5.75 Å². The molecule has 0 aliphatic rings. The van der Waals surface area contributed by atoms with Gasteiger partial charge in [0.25, 0.3) is 0 Å². The van der Waals surface area contributed by atoms with E-state index in [-0.39, 0.29) is 0 Å². The fourth-order valence-corrected chi connectivity index (χ4v) is 3.63. The third-order valence-corrected chi connectivity index (χ3v) is 5.32. The minimum atomic E-state index is 0.590. The highest BCUT2D eigenvalue weighted by Gasteiger charge is 2.03. The molecule has 0 amide bonds. The first-order chi connectivity index (χ1) is 13.2. The van der Waals surface area contributed by atoms with Crippen LogP contribution in [0.3, 0.4) is 0 Å². The second-order valence-electron chi connectivity index (χ2n) is 5.92. The van der Waals surface area contributed by atoms with Gasteiger partial charge in [-0.05, 0) is 48.1 Å². The molecule has 5 heteroatoms. The highest BCUT2D eigenvalue weighted by atomic mass is 32.2.